The summed E-state index contributed by atoms with van der Waals surface area (Å²) in [5.41, 5.74) is 0. The third kappa shape index (κ3) is 1.03. The Bertz CT molecular complexity index is 100. The van der Waals surface area contributed by atoms with Crippen molar-refractivity contribution in [3.8, 4) is 0 Å². The standard InChI is InChI=1S/C5H7BrO/c1-3(7)4-2-5(4)6/h4-5H,2H2,1H3. The van der Waals surface area contributed by atoms with Crippen molar-refractivity contribution in [2.75, 3.05) is 0 Å². The molecule has 0 aromatic rings. The van der Waals surface area contributed by atoms with E-state index < -0.39 is 0 Å². The summed E-state index contributed by atoms with van der Waals surface area (Å²) in [4.78, 5) is 10.9. The lowest BCUT2D eigenvalue weighted by Gasteiger charge is -1.79. The molecule has 2 heteroatoms. The molecule has 7 heavy (non-hydrogen) atoms. The van der Waals surface area contributed by atoms with E-state index in [1.165, 1.54) is 0 Å². The highest BCUT2D eigenvalue weighted by Crippen LogP contribution is 2.37. The molecule has 1 nitrogen and oxygen atoms in total. The predicted molar refractivity (Wildman–Crippen MR) is 31.5 cm³/mol. The molecule has 2 atom stereocenters. The molecule has 0 spiro atoms. The van der Waals surface area contributed by atoms with Crippen LogP contribution in [0.5, 0.6) is 0 Å². The minimum Gasteiger partial charge on any atom is -0.300 e. The normalized spacial score (nSPS) is 38.0. The average Bonchev–Trinajstić information content (AvgIpc) is 2.17. The molecule has 0 saturated heterocycles. The smallest absolute Gasteiger partial charge is 0.134 e. The summed E-state index contributed by atoms with van der Waals surface area (Å²) in [7, 11) is 0. The number of rotatable bonds is 1. The molecule has 0 aliphatic heterocycles. The molecule has 1 fully saturated rings. The Labute approximate surface area is 51.2 Å². The summed E-state index contributed by atoms with van der Waals surface area (Å²) >= 11 is 3.33. The van der Waals surface area contributed by atoms with E-state index in [1.54, 1.807) is 6.92 Å². The fourth-order valence-electron chi connectivity index (χ4n) is 0.585. The molecule has 0 bridgehead atoms. The van der Waals surface area contributed by atoms with Crippen molar-refractivity contribution < 1.29 is 4.79 Å². The van der Waals surface area contributed by atoms with Crippen molar-refractivity contribution in [2.45, 2.75) is 18.2 Å². The highest BCUT2D eigenvalue weighted by atomic mass is 79.9. The van der Waals surface area contributed by atoms with E-state index in [4.69, 9.17) is 0 Å². The lowest BCUT2D eigenvalue weighted by molar-refractivity contribution is -0.118. The van der Waals surface area contributed by atoms with Gasteiger partial charge in [0.15, 0.2) is 0 Å². The van der Waals surface area contributed by atoms with Crippen molar-refractivity contribution in [3.05, 3.63) is 0 Å². The molecule has 0 radical (unpaired) electrons. The van der Waals surface area contributed by atoms with Gasteiger partial charge in [-0.25, -0.2) is 0 Å². The molecule has 1 aliphatic rings. The second-order valence-corrected chi connectivity index (χ2v) is 3.14. The van der Waals surface area contributed by atoms with Crippen LogP contribution in [0.2, 0.25) is 0 Å². The van der Waals surface area contributed by atoms with E-state index in [0.29, 0.717) is 16.5 Å². The molecule has 0 amide bonds. The third-order valence-corrected chi connectivity index (χ3v) is 2.25. The highest BCUT2D eigenvalue weighted by Gasteiger charge is 2.38. The lowest BCUT2D eigenvalue weighted by Crippen LogP contribution is -1.92. The maximum Gasteiger partial charge on any atom is 0.134 e. The first-order valence-corrected chi connectivity index (χ1v) is 3.28. The van der Waals surface area contributed by atoms with Crippen molar-refractivity contribution in [1.82, 2.24) is 0 Å². The van der Waals surface area contributed by atoms with Crippen molar-refractivity contribution in [3.63, 3.8) is 0 Å². The SMILES string of the molecule is CC(=O)C1CC1Br. The first-order valence-electron chi connectivity index (χ1n) is 2.36. The van der Waals surface area contributed by atoms with Gasteiger partial charge in [-0.3, -0.25) is 4.79 Å². The van der Waals surface area contributed by atoms with Crippen LogP contribution in [0.15, 0.2) is 0 Å². The Morgan fingerprint density at radius 2 is 2.29 bits per heavy atom. The Hall–Kier alpha value is 0.150. The van der Waals surface area contributed by atoms with E-state index in [9.17, 15) is 4.79 Å². The maximum atomic E-state index is 10.4. The zero-order valence-electron chi connectivity index (χ0n) is 4.15. The largest absolute Gasteiger partial charge is 0.300 e. The van der Waals surface area contributed by atoms with Gasteiger partial charge in [0.25, 0.3) is 0 Å². The van der Waals surface area contributed by atoms with E-state index in [2.05, 4.69) is 15.9 Å². The van der Waals surface area contributed by atoms with Crippen LogP contribution in [0.3, 0.4) is 0 Å². The number of halogens is 1. The number of carbonyl (C=O) groups excluding carboxylic acids is 1. The minimum absolute atomic E-state index is 0.321. The highest BCUT2D eigenvalue weighted by molar-refractivity contribution is 9.09. The number of alkyl halides is 1. The van der Waals surface area contributed by atoms with Gasteiger partial charge in [0.2, 0.25) is 0 Å². The Morgan fingerprint density at radius 1 is 1.86 bits per heavy atom. The van der Waals surface area contributed by atoms with Gasteiger partial charge in [-0.05, 0) is 13.3 Å². The topological polar surface area (TPSA) is 17.1 Å². The van der Waals surface area contributed by atoms with Gasteiger partial charge >= 0.3 is 0 Å². The van der Waals surface area contributed by atoms with Gasteiger partial charge in [-0.15, -0.1) is 0 Å². The summed E-state index contributed by atoms with van der Waals surface area (Å²) in [6, 6.07) is 0. The fourth-order valence-corrected chi connectivity index (χ4v) is 1.36. The molecule has 1 rings (SSSR count). The Morgan fingerprint density at radius 3 is 2.29 bits per heavy atom. The molecule has 1 aliphatic carbocycles. The van der Waals surface area contributed by atoms with Gasteiger partial charge < -0.3 is 0 Å². The van der Waals surface area contributed by atoms with E-state index >= 15 is 0 Å². The predicted octanol–water partition coefficient (Wildman–Crippen LogP) is 1.36. The molecule has 2 unspecified atom stereocenters. The fraction of sp³-hybridized carbons (Fsp3) is 0.800. The van der Waals surface area contributed by atoms with Crippen LogP contribution in [0.1, 0.15) is 13.3 Å². The first kappa shape index (κ1) is 5.29. The Balaban J connectivity index is 2.33. The summed E-state index contributed by atoms with van der Waals surface area (Å²) < 4.78 is 0. The van der Waals surface area contributed by atoms with Crippen LogP contribution in [0.4, 0.5) is 0 Å². The average molecular weight is 163 g/mol. The lowest BCUT2D eigenvalue weighted by atomic mass is 10.3. The first-order chi connectivity index (χ1) is 3.22. The van der Waals surface area contributed by atoms with Crippen LogP contribution >= 0.6 is 15.9 Å². The summed E-state index contributed by atoms with van der Waals surface area (Å²) in [5.74, 6) is 0.668. The van der Waals surface area contributed by atoms with E-state index in [1.807, 2.05) is 0 Å². The number of ketones is 1. The van der Waals surface area contributed by atoms with Crippen LogP contribution in [0, 0.1) is 5.92 Å². The van der Waals surface area contributed by atoms with E-state index in [-0.39, 0.29) is 0 Å². The van der Waals surface area contributed by atoms with Crippen molar-refractivity contribution >= 4 is 21.7 Å². The summed E-state index contributed by atoms with van der Waals surface area (Å²) in [6.45, 7) is 1.64. The van der Waals surface area contributed by atoms with Gasteiger partial charge in [0.1, 0.15) is 5.78 Å². The maximum absolute atomic E-state index is 10.4. The van der Waals surface area contributed by atoms with Gasteiger partial charge in [-0.2, -0.15) is 0 Å². The second kappa shape index (κ2) is 1.58. The second-order valence-electron chi connectivity index (χ2n) is 1.97. The van der Waals surface area contributed by atoms with Gasteiger partial charge in [0, 0.05) is 10.7 Å². The molecule has 0 heterocycles. The summed E-state index contributed by atoms with van der Waals surface area (Å²) in [6.07, 6.45) is 1.05. The number of Topliss-reactive ketones (excluding diaryl/α,β-unsaturated/α-hetero) is 1. The van der Waals surface area contributed by atoms with Crippen LogP contribution in [-0.2, 0) is 4.79 Å². The molecule has 0 aromatic carbocycles. The third-order valence-electron chi connectivity index (χ3n) is 1.23. The zero-order chi connectivity index (χ0) is 5.44. The van der Waals surface area contributed by atoms with Crippen molar-refractivity contribution in [1.29, 1.82) is 0 Å². The minimum atomic E-state index is 0.321. The zero-order valence-corrected chi connectivity index (χ0v) is 5.73. The van der Waals surface area contributed by atoms with Crippen LogP contribution in [0.25, 0.3) is 0 Å². The Kier molecular flexibility index (Phi) is 1.20. The molecule has 0 N–H and O–H groups in total. The molecule has 0 aromatic heterocycles. The molecular weight excluding hydrogens is 156 g/mol. The molecular formula is C5H7BrO. The molecule has 40 valence electrons. The van der Waals surface area contributed by atoms with Crippen molar-refractivity contribution in [2.24, 2.45) is 5.92 Å². The monoisotopic (exact) mass is 162 g/mol. The van der Waals surface area contributed by atoms with E-state index in [0.717, 1.165) is 6.42 Å². The van der Waals surface area contributed by atoms with Gasteiger partial charge in [0.05, 0.1) is 0 Å². The van der Waals surface area contributed by atoms with Gasteiger partial charge in [-0.1, -0.05) is 15.9 Å². The number of hydrogen-bond donors (Lipinski definition) is 0. The van der Waals surface area contributed by atoms with Crippen LogP contribution in [-0.4, -0.2) is 10.6 Å². The quantitative estimate of drug-likeness (QED) is 0.533. The number of hydrogen-bond acceptors (Lipinski definition) is 1. The number of carbonyl (C=O) groups is 1. The summed E-state index contributed by atoms with van der Waals surface area (Å²) in [5, 5.41) is 0. The van der Waals surface area contributed by atoms with Crippen LogP contribution < -0.4 is 0 Å². The molecule has 1 saturated carbocycles.